The molecule has 1 aromatic heterocycles. The van der Waals surface area contributed by atoms with Crippen molar-refractivity contribution in [2.45, 2.75) is 18.4 Å². The van der Waals surface area contributed by atoms with Crippen LogP contribution in [0.25, 0.3) is 0 Å². The molecule has 6 heteroatoms. The maximum absolute atomic E-state index is 12.7. The molecule has 0 fully saturated rings. The molecular formula is C19H18ClN3OS. The van der Waals surface area contributed by atoms with Gasteiger partial charge in [-0.15, -0.1) is 11.8 Å². The number of para-hydroxylation sites is 1. The molecule has 0 atom stereocenters. The molecule has 0 bridgehead atoms. The summed E-state index contributed by atoms with van der Waals surface area (Å²) >= 11 is 8.03. The summed E-state index contributed by atoms with van der Waals surface area (Å²) in [6.45, 7) is 2.32. The summed E-state index contributed by atoms with van der Waals surface area (Å²) < 4.78 is 1.65. The summed E-state index contributed by atoms with van der Waals surface area (Å²) in [6, 6.07) is 17.6. The third-order valence-corrected chi connectivity index (χ3v) is 5.00. The van der Waals surface area contributed by atoms with Crippen LogP contribution in [0.2, 0.25) is 5.15 Å². The zero-order valence-electron chi connectivity index (χ0n) is 14.0. The van der Waals surface area contributed by atoms with E-state index in [1.165, 1.54) is 0 Å². The number of hydrogen-bond acceptors (Lipinski definition) is 3. The van der Waals surface area contributed by atoms with Crippen LogP contribution in [0.4, 0.5) is 5.69 Å². The third kappa shape index (κ3) is 3.89. The van der Waals surface area contributed by atoms with Gasteiger partial charge in [-0.25, -0.2) is 4.68 Å². The Morgan fingerprint density at radius 2 is 1.84 bits per heavy atom. The monoisotopic (exact) mass is 371 g/mol. The van der Waals surface area contributed by atoms with Gasteiger partial charge in [0.1, 0.15) is 5.15 Å². The first kappa shape index (κ1) is 17.6. The van der Waals surface area contributed by atoms with E-state index in [0.29, 0.717) is 23.0 Å². The highest BCUT2D eigenvalue weighted by Gasteiger charge is 2.21. The number of benzene rings is 2. The van der Waals surface area contributed by atoms with E-state index in [1.807, 2.05) is 60.9 Å². The molecule has 1 heterocycles. The quantitative estimate of drug-likeness (QED) is 0.651. The number of carbonyl (C=O) groups is 1. The molecule has 0 saturated heterocycles. The van der Waals surface area contributed by atoms with Crippen LogP contribution in [0, 0.1) is 6.92 Å². The van der Waals surface area contributed by atoms with Crippen LogP contribution in [-0.4, -0.2) is 21.9 Å². The molecule has 0 aliphatic carbocycles. The lowest BCUT2D eigenvalue weighted by atomic mass is 10.2. The van der Waals surface area contributed by atoms with Crippen molar-refractivity contribution in [1.29, 1.82) is 0 Å². The van der Waals surface area contributed by atoms with Crippen LogP contribution in [0.5, 0.6) is 0 Å². The molecule has 0 radical (unpaired) electrons. The van der Waals surface area contributed by atoms with Crippen molar-refractivity contribution >= 4 is 35.0 Å². The van der Waals surface area contributed by atoms with Crippen molar-refractivity contribution in [3.05, 3.63) is 76.6 Å². The number of hydrogen-bond donors (Lipinski definition) is 1. The summed E-state index contributed by atoms with van der Waals surface area (Å²) in [5.74, 6) is -0.247. The van der Waals surface area contributed by atoms with Gasteiger partial charge in [0.05, 0.1) is 23.5 Å². The molecule has 0 aliphatic rings. The zero-order valence-corrected chi connectivity index (χ0v) is 15.6. The first-order chi connectivity index (χ1) is 12.1. The Bertz CT molecular complexity index is 893. The number of amides is 1. The number of anilines is 1. The van der Waals surface area contributed by atoms with Gasteiger partial charge >= 0.3 is 0 Å². The number of nitrogens with zero attached hydrogens (tertiary/aromatic N) is 2. The number of nitrogens with one attached hydrogen (secondary N) is 1. The molecule has 4 nitrogen and oxygen atoms in total. The molecule has 0 saturated carbocycles. The van der Waals surface area contributed by atoms with Gasteiger partial charge in [-0.3, -0.25) is 4.79 Å². The predicted octanol–water partition coefficient (Wildman–Crippen LogP) is 4.87. The lowest BCUT2D eigenvalue weighted by molar-refractivity contribution is 0.102. The molecule has 1 N–H and O–H groups in total. The van der Waals surface area contributed by atoms with E-state index in [9.17, 15) is 4.79 Å². The first-order valence-corrected chi connectivity index (χ1v) is 9.41. The van der Waals surface area contributed by atoms with E-state index >= 15 is 0 Å². The van der Waals surface area contributed by atoms with E-state index in [2.05, 4.69) is 10.4 Å². The number of rotatable bonds is 5. The predicted molar refractivity (Wildman–Crippen MR) is 104 cm³/mol. The highest BCUT2D eigenvalue weighted by atomic mass is 35.5. The number of halogens is 1. The molecule has 2 aromatic carbocycles. The van der Waals surface area contributed by atoms with E-state index in [-0.39, 0.29) is 5.91 Å². The molecule has 1 amide bonds. The van der Waals surface area contributed by atoms with Crippen molar-refractivity contribution in [3.8, 4) is 0 Å². The van der Waals surface area contributed by atoms with Crippen molar-refractivity contribution < 1.29 is 4.79 Å². The second-order valence-corrected chi connectivity index (χ2v) is 6.75. The zero-order chi connectivity index (χ0) is 17.8. The van der Waals surface area contributed by atoms with Crippen LogP contribution < -0.4 is 5.32 Å². The van der Waals surface area contributed by atoms with E-state index in [4.69, 9.17) is 11.6 Å². The highest BCUT2D eigenvalue weighted by Crippen LogP contribution is 2.27. The average molecular weight is 372 g/mol. The van der Waals surface area contributed by atoms with Crippen LogP contribution in [-0.2, 0) is 6.54 Å². The fourth-order valence-electron chi connectivity index (χ4n) is 2.61. The number of aromatic nitrogens is 2. The number of carbonyl (C=O) groups excluding carboxylic acids is 1. The minimum Gasteiger partial charge on any atom is -0.321 e. The van der Waals surface area contributed by atoms with Crippen molar-refractivity contribution in [2.24, 2.45) is 0 Å². The molecule has 128 valence electrons. The normalized spacial score (nSPS) is 10.7. The van der Waals surface area contributed by atoms with Gasteiger partial charge in [0, 0.05) is 4.90 Å². The molecule has 0 aliphatic heterocycles. The van der Waals surface area contributed by atoms with Crippen LogP contribution >= 0.6 is 23.4 Å². The van der Waals surface area contributed by atoms with Crippen LogP contribution in [0.1, 0.15) is 21.6 Å². The summed E-state index contributed by atoms with van der Waals surface area (Å²) in [5, 5.41) is 7.72. The molecule has 0 spiro atoms. The van der Waals surface area contributed by atoms with E-state index < -0.39 is 0 Å². The molecule has 3 rings (SSSR count). The Kier molecular flexibility index (Phi) is 5.46. The maximum atomic E-state index is 12.7. The average Bonchev–Trinajstić information content (AvgIpc) is 2.90. The largest absolute Gasteiger partial charge is 0.321 e. The van der Waals surface area contributed by atoms with Crippen molar-refractivity contribution in [1.82, 2.24) is 9.78 Å². The van der Waals surface area contributed by atoms with Gasteiger partial charge in [-0.2, -0.15) is 5.10 Å². The second kappa shape index (κ2) is 7.76. The molecule has 3 aromatic rings. The number of aryl methyl sites for hydroxylation is 1. The molecular weight excluding hydrogens is 354 g/mol. The first-order valence-electron chi connectivity index (χ1n) is 7.81. The Morgan fingerprint density at radius 1 is 1.16 bits per heavy atom. The van der Waals surface area contributed by atoms with Gasteiger partial charge in [-0.05, 0) is 30.9 Å². The van der Waals surface area contributed by atoms with Gasteiger partial charge in [0.25, 0.3) is 5.91 Å². The Morgan fingerprint density at radius 3 is 2.56 bits per heavy atom. The number of thioether (sulfide) groups is 1. The smallest absolute Gasteiger partial charge is 0.260 e. The van der Waals surface area contributed by atoms with Gasteiger partial charge in [-0.1, -0.05) is 54.1 Å². The summed E-state index contributed by atoms with van der Waals surface area (Å²) in [4.78, 5) is 13.7. The Balaban J connectivity index is 1.86. The van der Waals surface area contributed by atoms with Crippen molar-refractivity contribution in [3.63, 3.8) is 0 Å². The Hall–Kier alpha value is -2.24. The standard InChI is InChI=1S/C19H18ClN3OS/c1-13-17(19(24)21-15-10-6-7-11-16(15)25-2)18(20)23(22-13)12-14-8-4-3-5-9-14/h3-11H,12H2,1-2H3,(H,21,24). The van der Waals surface area contributed by atoms with E-state index in [0.717, 1.165) is 16.1 Å². The fourth-order valence-corrected chi connectivity index (χ4v) is 3.48. The summed E-state index contributed by atoms with van der Waals surface area (Å²) in [7, 11) is 0. The van der Waals surface area contributed by atoms with Gasteiger partial charge in [0.15, 0.2) is 0 Å². The molecule has 25 heavy (non-hydrogen) atoms. The Labute approximate surface area is 156 Å². The second-order valence-electron chi connectivity index (χ2n) is 5.55. The van der Waals surface area contributed by atoms with Crippen molar-refractivity contribution in [2.75, 3.05) is 11.6 Å². The highest BCUT2D eigenvalue weighted by molar-refractivity contribution is 7.98. The lowest BCUT2D eigenvalue weighted by Gasteiger charge is -2.09. The molecule has 0 unspecified atom stereocenters. The van der Waals surface area contributed by atoms with Gasteiger partial charge in [0.2, 0.25) is 0 Å². The van der Waals surface area contributed by atoms with E-state index in [1.54, 1.807) is 23.4 Å². The minimum atomic E-state index is -0.247. The van der Waals surface area contributed by atoms with Gasteiger partial charge < -0.3 is 5.32 Å². The fraction of sp³-hybridized carbons (Fsp3) is 0.158. The summed E-state index contributed by atoms with van der Waals surface area (Å²) in [5.41, 5.74) is 2.87. The summed E-state index contributed by atoms with van der Waals surface area (Å²) in [6.07, 6.45) is 1.97. The SMILES string of the molecule is CSc1ccccc1NC(=O)c1c(C)nn(Cc2ccccc2)c1Cl. The lowest BCUT2D eigenvalue weighted by Crippen LogP contribution is -2.13. The van der Waals surface area contributed by atoms with Crippen LogP contribution in [0.3, 0.4) is 0 Å². The maximum Gasteiger partial charge on any atom is 0.260 e. The van der Waals surface area contributed by atoms with Crippen LogP contribution in [0.15, 0.2) is 59.5 Å². The minimum absolute atomic E-state index is 0.247. The topological polar surface area (TPSA) is 46.9 Å². The third-order valence-electron chi connectivity index (χ3n) is 3.82.